The van der Waals surface area contributed by atoms with Gasteiger partial charge in [0.1, 0.15) is 17.2 Å². The van der Waals surface area contributed by atoms with Crippen LogP contribution in [-0.4, -0.2) is 41.6 Å². The highest BCUT2D eigenvalue weighted by Gasteiger charge is 2.46. The van der Waals surface area contributed by atoms with Crippen LogP contribution in [0.3, 0.4) is 0 Å². The van der Waals surface area contributed by atoms with Crippen LogP contribution in [0.25, 0.3) is 11.1 Å². The molecule has 0 aliphatic carbocycles. The third-order valence-electron chi connectivity index (χ3n) is 5.02. The molecule has 2 heterocycles. The van der Waals surface area contributed by atoms with Gasteiger partial charge in [-0.3, -0.25) is 4.90 Å². The molecule has 0 spiro atoms. The van der Waals surface area contributed by atoms with Crippen molar-refractivity contribution in [3.05, 3.63) is 53.3 Å². The van der Waals surface area contributed by atoms with Crippen molar-refractivity contribution < 1.29 is 28.2 Å². The Kier molecular flexibility index (Phi) is 5.38. The zero-order valence-corrected chi connectivity index (χ0v) is 17.8. The van der Waals surface area contributed by atoms with Gasteiger partial charge < -0.3 is 19.5 Å². The Labute approximate surface area is 184 Å². The summed E-state index contributed by atoms with van der Waals surface area (Å²) in [5.74, 6) is -0.183. The molecule has 0 aromatic heterocycles. The average Bonchev–Trinajstić information content (AvgIpc) is 3.04. The van der Waals surface area contributed by atoms with Crippen LogP contribution in [0.5, 0.6) is 5.75 Å². The topological polar surface area (TPSA) is 101 Å². The molecule has 2 aromatic carbocycles. The Morgan fingerprint density at radius 2 is 2.00 bits per heavy atom. The van der Waals surface area contributed by atoms with E-state index in [0.717, 1.165) is 0 Å². The maximum Gasteiger partial charge on any atom is 0.413 e. The number of carbonyl (C=O) groups excluding carboxylic acids is 2. The maximum atomic E-state index is 14.8. The molecule has 2 atom stereocenters. The standard InChI is InChI=1S/C23H22FN3O5/c1-23(2,3)32-21(28)26-11-19-20-27(22(29)31-19)12-15-8-16(17(24)9-18(15)30-20)14-6-4-13(10-25)5-7-14/h4-9,19-20H,11-12H2,1-3H3,(H,26,28)/t19-,20-/m0/s1. The summed E-state index contributed by atoms with van der Waals surface area (Å²) in [6.45, 7) is 5.39. The molecular weight excluding hydrogens is 417 g/mol. The van der Waals surface area contributed by atoms with E-state index in [1.807, 2.05) is 6.07 Å². The zero-order chi connectivity index (χ0) is 23.0. The summed E-state index contributed by atoms with van der Waals surface area (Å²) in [4.78, 5) is 25.7. The van der Waals surface area contributed by atoms with Gasteiger partial charge >= 0.3 is 12.2 Å². The molecule has 0 unspecified atom stereocenters. The minimum absolute atomic E-state index is 0.0110. The van der Waals surface area contributed by atoms with Crippen LogP contribution in [0, 0.1) is 17.1 Å². The van der Waals surface area contributed by atoms with Crippen LogP contribution in [0.4, 0.5) is 14.0 Å². The molecule has 0 radical (unpaired) electrons. The van der Waals surface area contributed by atoms with E-state index in [0.29, 0.717) is 28.0 Å². The van der Waals surface area contributed by atoms with E-state index in [9.17, 15) is 14.0 Å². The molecule has 2 aliphatic heterocycles. The van der Waals surface area contributed by atoms with E-state index < -0.39 is 35.9 Å². The number of hydrogen-bond donors (Lipinski definition) is 1. The van der Waals surface area contributed by atoms with Crippen molar-refractivity contribution in [3.8, 4) is 22.9 Å². The van der Waals surface area contributed by atoms with Gasteiger partial charge in [-0.1, -0.05) is 12.1 Å². The van der Waals surface area contributed by atoms with Crippen LogP contribution in [0.2, 0.25) is 0 Å². The van der Waals surface area contributed by atoms with Gasteiger partial charge in [-0.15, -0.1) is 0 Å². The SMILES string of the molecule is CC(C)(C)OC(=O)NC[C@@H]1OC(=O)N2Cc3cc(-c4ccc(C#N)cc4)c(F)cc3O[C@@H]12. The van der Waals surface area contributed by atoms with Gasteiger partial charge in [0.15, 0.2) is 6.10 Å². The van der Waals surface area contributed by atoms with Gasteiger partial charge in [-0.2, -0.15) is 5.26 Å². The van der Waals surface area contributed by atoms with Gasteiger partial charge in [0.25, 0.3) is 0 Å². The Morgan fingerprint density at radius 3 is 2.66 bits per heavy atom. The number of nitriles is 1. The van der Waals surface area contributed by atoms with E-state index >= 15 is 0 Å². The van der Waals surface area contributed by atoms with Gasteiger partial charge in [-0.25, -0.2) is 14.0 Å². The first kappa shape index (κ1) is 21.4. The molecule has 2 aliphatic rings. The predicted octanol–water partition coefficient (Wildman–Crippen LogP) is 3.93. The van der Waals surface area contributed by atoms with Crippen molar-refractivity contribution in [1.82, 2.24) is 10.2 Å². The smallest absolute Gasteiger partial charge is 0.413 e. The highest BCUT2D eigenvalue weighted by atomic mass is 19.1. The van der Waals surface area contributed by atoms with E-state index in [1.54, 1.807) is 51.1 Å². The summed E-state index contributed by atoms with van der Waals surface area (Å²) in [6.07, 6.45) is -2.79. The number of carbonyl (C=O) groups is 2. The van der Waals surface area contributed by atoms with Gasteiger partial charge in [0.2, 0.25) is 6.23 Å². The Morgan fingerprint density at radius 1 is 1.28 bits per heavy atom. The van der Waals surface area contributed by atoms with Crippen LogP contribution in [0.1, 0.15) is 31.9 Å². The number of nitrogens with zero attached hydrogens (tertiary/aromatic N) is 2. The van der Waals surface area contributed by atoms with Crippen molar-refractivity contribution in [1.29, 1.82) is 5.26 Å². The molecule has 2 aromatic rings. The second kappa shape index (κ2) is 8.04. The predicted molar refractivity (Wildman–Crippen MR) is 111 cm³/mol. The second-order valence-electron chi connectivity index (χ2n) is 8.57. The van der Waals surface area contributed by atoms with E-state index in [-0.39, 0.29) is 13.1 Å². The summed E-state index contributed by atoms with van der Waals surface area (Å²) in [5, 5.41) is 11.5. The lowest BCUT2D eigenvalue weighted by molar-refractivity contribution is 0.0143. The van der Waals surface area contributed by atoms with Crippen molar-refractivity contribution >= 4 is 12.2 Å². The highest BCUT2D eigenvalue weighted by Crippen LogP contribution is 2.37. The Bertz CT molecular complexity index is 1100. The first-order valence-electron chi connectivity index (χ1n) is 10.1. The molecule has 166 valence electrons. The monoisotopic (exact) mass is 439 g/mol. The summed E-state index contributed by atoms with van der Waals surface area (Å²) < 4.78 is 31.3. The molecule has 4 rings (SSSR count). The fourth-order valence-electron chi connectivity index (χ4n) is 3.59. The summed E-state index contributed by atoms with van der Waals surface area (Å²) in [5.41, 5.74) is 1.39. The van der Waals surface area contributed by atoms with Crippen molar-refractivity contribution in [3.63, 3.8) is 0 Å². The molecule has 1 fully saturated rings. The number of halogens is 1. The Balaban J connectivity index is 1.52. The number of fused-ring (bicyclic) bond motifs is 2. The normalized spacial score (nSPS) is 19.2. The van der Waals surface area contributed by atoms with Crippen molar-refractivity contribution in [2.45, 2.75) is 45.2 Å². The molecule has 8 nitrogen and oxygen atoms in total. The van der Waals surface area contributed by atoms with Gasteiger partial charge in [-0.05, 0) is 44.5 Å². The molecule has 0 saturated carbocycles. The second-order valence-corrected chi connectivity index (χ2v) is 8.57. The van der Waals surface area contributed by atoms with E-state index in [2.05, 4.69) is 5.32 Å². The minimum atomic E-state index is -0.801. The third-order valence-corrected chi connectivity index (χ3v) is 5.02. The summed E-state index contributed by atoms with van der Waals surface area (Å²) in [7, 11) is 0. The van der Waals surface area contributed by atoms with Crippen molar-refractivity contribution in [2.24, 2.45) is 0 Å². The first-order valence-corrected chi connectivity index (χ1v) is 10.1. The zero-order valence-electron chi connectivity index (χ0n) is 17.8. The molecule has 1 N–H and O–H groups in total. The van der Waals surface area contributed by atoms with Crippen LogP contribution < -0.4 is 10.1 Å². The number of benzene rings is 2. The van der Waals surface area contributed by atoms with E-state index in [4.69, 9.17) is 19.5 Å². The Hall–Kier alpha value is -3.80. The fourth-order valence-corrected chi connectivity index (χ4v) is 3.59. The first-order chi connectivity index (χ1) is 15.1. The van der Waals surface area contributed by atoms with E-state index in [1.165, 1.54) is 11.0 Å². The molecule has 2 amide bonds. The summed E-state index contributed by atoms with van der Waals surface area (Å²) >= 11 is 0. The molecule has 9 heteroatoms. The number of nitrogens with one attached hydrogen (secondary N) is 1. The third kappa shape index (κ3) is 4.30. The van der Waals surface area contributed by atoms with Crippen LogP contribution in [-0.2, 0) is 16.0 Å². The highest BCUT2D eigenvalue weighted by molar-refractivity contribution is 5.73. The number of ether oxygens (including phenoxy) is 3. The number of cyclic esters (lactones) is 1. The van der Waals surface area contributed by atoms with Gasteiger partial charge in [0.05, 0.1) is 24.7 Å². The largest absolute Gasteiger partial charge is 0.466 e. The number of rotatable bonds is 3. The number of alkyl carbamates (subject to hydrolysis) is 1. The lowest BCUT2D eigenvalue weighted by Crippen LogP contribution is -2.48. The van der Waals surface area contributed by atoms with Gasteiger partial charge in [0, 0.05) is 17.2 Å². The molecule has 32 heavy (non-hydrogen) atoms. The lowest BCUT2D eigenvalue weighted by Gasteiger charge is -2.32. The fraction of sp³-hybridized carbons (Fsp3) is 0.348. The average molecular weight is 439 g/mol. The van der Waals surface area contributed by atoms with Crippen molar-refractivity contribution in [2.75, 3.05) is 6.54 Å². The number of amides is 2. The van der Waals surface area contributed by atoms with Crippen LogP contribution >= 0.6 is 0 Å². The molecular formula is C23H22FN3O5. The molecule has 0 bridgehead atoms. The quantitative estimate of drug-likeness (QED) is 0.778. The summed E-state index contributed by atoms with van der Waals surface area (Å²) in [6, 6.07) is 11.5. The lowest BCUT2D eigenvalue weighted by atomic mass is 9.99. The minimum Gasteiger partial charge on any atom is -0.466 e. The maximum absolute atomic E-state index is 14.8. The van der Waals surface area contributed by atoms with Crippen LogP contribution in [0.15, 0.2) is 36.4 Å². The molecule has 1 saturated heterocycles. The number of hydrogen-bond acceptors (Lipinski definition) is 6.